The highest BCUT2D eigenvalue weighted by Gasteiger charge is 2.16. The molecule has 0 aliphatic rings. The van der Waals surface area contributed by atoms with E-state index in [1.807, 2.05) is 0 Å². The highest BCUT2D eigenvalue weighted by Crippen LogP contribution is 2.22. The van der Waals surface area contributed by atoms with Crippen LogP contribution in [0.4, 0.5) is 0 Å². The molecule has 0 unspecified atom stereocenters. The molecule has 0 bridgehead atoms. The molecule has 0 saturated carbocycles. The SMILES string of the molecule is CC(C)(C)c1cc[n+](Cc2ccc3ccc(C[n+]4ccc(C(C)(C)C)cc4)cc3c2)cc1.[Br-].[Br-]. The van der Waals surface area contributed by atoms with Gasteiger partial charge in [0.05, 0.1) is 0 Å². The topological polar surface area (TPSA) is 7.76 Å². The maximum absolute atomic E-state index is 2.33. The van der Waals surface area contributed by atoms with E-state index in [1.54, 1.807) is 0 Å². The van der Waals surface area contributed by atoms with E-state index in [2.05, 4.69) is 136 Å². The molecule has 2 aromatic carbocycles. The van der Waals surface area contributed by atoms with Crippen molar-refractivity contribution in [2.75, 3.05) is 0 Å². The normalized spacial score (nSPS) is 11.6. The summed E-state index contributed by atoms with van der Waals surface area (Å²) in [5.74, 6) is 0. The van der Waals surface area contributed by atoms with E-state index in [4.69, 9.17) is 0 Å². The van der Waals surface area contributed by atoms with Gasteiger partial charge >= 0.3 is 0 Å². The number of halogens is 2. The first-order valence-electron chi connectivity index (χ1n) is 11.6. The summed E-state index contributed by atoms with van der Waals surface area (Å²) in [7, 11) is 0. The zero-order valence-electron chi connectivity index (χ0n) is 21.1. The summed E-state index contributed by atoms with van der Waals surface area (Å²) < 4.78 is 4.51. The average Bonchev–Trinajstić information content (AvgIpc) is 2.73. The van der Waals surface area contributed by atoms with Crippen LogP contribution in [0.5, 0.6) is 0 Å². The van der Waals surface area contributed by atoms with E-state index < -0.39 is 0 Å². The third kappa shape index (κ3) is 6.99. The fraction of sp³-hybridized carbons (Fsp3) is 0.333. The minimum absolute atomic E-state index is 0. The molecule has 0 aliphatic heterocycles. The van der Waals surface area contributed by atoms with Crippen molar-refractivity contribution in [1.29, 1.82) is 0 Å². The van der Waals surface area contributed by atoms with E-state index in [0.29, 0.717) is 0 Å². The Hall–Kier alpha value is -2.04. The van der Waals surface area contributed by atoms with Crippen LogP contribution in [0.15, 0.2) is 85.5 Å². The van der Waals surface area contributed by atoms with Gasteiger partial charge in [0.2, 0.25) is 0 Å². The molecule has 0 radical (unpaired) electrons. The van der Waals surface area contributed by atoms with Crippen molar-refractivity contribution in [2.45, 2.75) is 65.5 Å². The fourth-order valence-electron chi connectivity index (χ4n) is 4.09. The van der Waals surface area contributed by atoms with Gasteiger partial charge in [0.15, 0.2) is 37.9 Å². The van der Waals surface area contributed by atoms with Gasteiger partial charge in [-0.15, -0.1) is 0 Å². The van der Waals surface area contributed by atoms with Crippen LogP contribution in [0.1, 0.15) is 63.8 Å². The van der Waals surface area contributed by atoms with Gasteiger partial charge in [-0.2, -0.15) is 0 Å². The van der Waals surface area contributed by atoms with Gasteiger partial charge in [-0.1, -0.05) is 65.8 Å². The second kappa shape index (κ2) is 11.1. The molecule has 4 rings (SSSR count). The number of nitrogens with zero attached hydrogens (tertiary/aromatic N) is 2. The van der Waals surface area contributed by atoms with E-state index in [-0.39, 0.29) is 44.8 Å². The molecule has 0 spiro atoms. The van der Waals surface area contributed by atoms with Crippen molar-refractivity contribution >= 4 is 10.8 Å². The van der Waals surface area contributed by atoms with Crippen LogP contribution in [-0.4, -0.2) is 0 Å². The molecule has 0 fully saturated rings. The second-order valence-electron chi connectivity index (χ2n) is 11.0. The van der Waals surface area contributed by atoms with Gasteiger partial charge < -0.3 is 34.0 Å². The second-order valence-corrected chi connectivity index (χ2v) is 11.0. The minimum Gasteiger partial charge on any atom is -1.00 e. The number of fused-ring (bicyclic) bond motifs is 1. The Kier molecular flexibility index (Phi) is 9.23. The summed E-state index contributed by atoms with van der Waals surface area (Å²) in [6.45, 7) is 15.3. The molecule has 4 heteroatoms. The molecule has 0 saturated heterocycles. The summed E-state index contributed by atoms with van der Waals surface area (Å²) in [6, 6.07) is 22.6. The van der Waals surface area contributed by atoms with Crippen molar-refractivity contribution < 1.29 is 43.1 Å². The molecule has 2 nitrogen and oxygen atoms in total. The van der Waals surface area contributed by atoms with Crippen LogP contribution < -0.4 is 43.1 Å². The van der Waals surface area contributed by atoms with Gasteiger partial charge in [-0.3, -0.25) is 0 Å². The Morgan fingerprint density at radius 3 is 1.18 bits per heavy atom. The van der Waals surface area contributed by atoms with Crippen LogP contribution >= 0.6 is 0 Å². The largest absolute Gasteiger partial charge is 1.00 e. The summed E-state index contributed by atoms with van der Waals surface area (Å²) in [5, 5.41) is 2.59. The van der Waals surface area contributed by atoms with Crippen molar-refractivity contribution in [1.82, 2.24) is 0 Å². The van der Waals surface area contributed by atoms with Gasteiger partial charge in [-0.25, -0.2) is 9.13 Å². The standard InChI is InChI=1S/C30H36N2.2BrH/c1-29(2,3)27-11-15-31(16-12-27)21-23-7-9-25-10-8-24(20-26(25)19-23)22-32-17-13-28(14-18-32)30(4,5)6;;/h7-20H,21-22H2,1-6H3;2*1H/q+2;;/p-2. The van der Waals surface area contributed by atoms with Crippen LogP contribution in [0.3, 0.4) is 0 Å². The van der Waals surface area contributed by atoms with Crippen LogP contribution in [-0.2, 0) is 23.9 Å². The molecule has 4 aromatic rings. The number of hydrogen-bond donors (Lipinski definition) is 0. The molecule has 2 heterocycles. The molecule has 2 aromatic heterocycles. The van der Waals surface area contributed by atoms with Crippen LogP contribution in [0.25, 0.3) is 10.8 Å². The highest BCUT2D eigenvalue weighted by molar-refractivity contribution is 5.83. The zero-order chi connectivity index (χ0) is 22.9. The van der Waals surface area contributed by atoms with Gasteiger partial charge in [-0.05, 0) is 44.9 Å². The Bertz CT molecular complexity index is 1120. The first-order chi connectivity index (χ1) is 15.1. The highest BCUT2D eigenvalue weighted by atomic mass is 79.9. The number of benzene rings is 2. The number of rotatable bonds is 4. The van der Waals surface area contributed by atoms with Crippen molar-refractivity contribution in [3.8, 4) is 0 Å². The molecule has 0 aliphatic carbocycles. The quantitative estimate of drug-likeness (QED) is 0.302. The van der Waals surface area contributed by atoms with E-state index in [9.17, 15) is 0 Å². The molecule has 34 heavy (non-hydrogen) atoms. The number of aromatic nitrogens is 2. The van der Waals surface area contributed by atoms with Gasteiger partial charge in [0.25, 0.3) is 0 Å². The third-order valence-corrected chi connectivity index (χ3v) is 6.21. The van der Waals surface area contributed by atoms with E-state index in [0.717, 1.165) is 13.1 Å². The Labute approximate surface area is 226 Å². The van der Waals surface area contributed by atoms with Crippen LogP contribution in [0.2, 0.25) is 0 Å². The molecular weight excluding hydrogens is 548 g/mol. The lowest BCUT2D eigenvalue weighted by atomic mass is 9.88. The summed E-state index contributed by atoms with van der Waals surface area (Å²) in [4.78, 5) is 0. The number of pyridine rings is 2. The smallest absolute Gasteiger partial charge is 0.173 e. The van der Waals surface area contributed by atoms with Gasteiger partial charge in [0.1, 0.15) is 0 Å². The van der Waals surface area contributed by atoms with Crippen LogP contribution in [0, 0.1) is 0 Å². The zero-order valence-corrected chi connectivity index (χ0v) is 24.3. The maximum Gasteiger partial charge on any atom is 0.173 e. The third-order valence-electron chi connectivity index (χ3n) is 6.21. The first kappa shape index (κ1) is 28.2. The molecule has 180 valence electrons. The average molecular weight is 584 g/mol. The Balaban J connectivity index is 0.00000204. The Morgan fingerprint density at radius 2 is 0.853 bits per heavy atom. The molecular formula is C30H36Br2N2. The van der Waals surface area contributed by atoms with Crippen molar-refractivity contribution in [3.05, 3.63) is 108 Å². The number of hydrogen-bond acceptors (Lipinski definition) is 0. The lowest BCUT2D eigenvalue weighted by Gasteiger charge is -2.17. The van der Waals surface area contributed by atoms with Gasteiger partial charge in [0, 0.05) is 35.4 Å². The minimum atomic E-state index is 0. The first-order valence-corrected chi connectivity index (χ1v) is 11.6. The molecule has 0 N–H and O–H groups in total. The predicted molar refractivity (Wildman–Crippen MR) is 133 cm³/mol. The van der Waals surface area contributed by atoms with Crippen molar-refractivity contribution in [2.24, 2.45) is 0 Å². The van der Waals surface area contributed by atoms with E-state index >= 15 is 0 Å². The lowest BCUT2D eigenvalue weighted by molar-refractivity contribution is -0.688. The summed E-state index contributed by atoms with van der Waals surface area (Å²) >= 11 is 0. The predicted octanol–water partition coefficient (Wildman–Crippen LogP) is 0.114. The lowest BCUT2D eigenvalue weighted by Crippen LogP contribution is -3.00. The fourth-order valence-corrected chi connectivity index (χ4v) is 4.09. The maximum atomic E-state index is 2.33. The Morgan fingerprint density at radius 1 is 0.500 bits per heavy atom. The van der Waals surface area contributed by atoms with Crippen molar-refractivity contribution in [3.63, 3.8) is 0 Å². The summed E-state index contributed by atoms with van der Waals surface area (Å²) in [5.41, 5.74) is 5.75. The molecule has 0 amide bonds. The molecule has 0 atom stereocenters. The summed E-state index contributed by atoms with van der Waals surface area (Å²) in [6.07, 6.45) is 8.77. The monoisotopic (exact) mass is 582 g/mol. The van der Waals surface area contributed by atoms with E-state index in [1.165, 1.54) is 33.0 Å².